The minimum absolute atomic E-state index is 0.578. The molecule has 0 aliphatic heterocycles. The lowest BCUT2D eigenvalue weighted by Gasteiger charge is -2.02. The van der Waals surface area contributed by atoms with Crippen LogP contribution in [0.25, 0.3) is 11.3 Å². The average molecular weight is 308 g/mol. The standard InChI is InChI=1S/C20H21FN2/c1-3-7-19-14-23-20(15-22-19)18-12-10-17(11-13-18)9-6-4-5-8-16(2)21/h3,10-16H,1,4-5,7-8H2,2H3. The molecule has 1 aromatic heterocycles. The van der Waals surface area contributed by atoms with Gasteiger partial charge in [-0.05, 0) is 31.9 Å². The number of allylic oxidation sites excluding steroid dienone is 1. The third-order valence-corrected chi connectivity index (χ3v) is 3.38. The summed E-state index contributed by atoms with van der Waals surface area (Å²) >= 11 is 0. The largest absolute Gasteiger partial charge is 0.257 e. The van der Waals surface area contributed by atoms with Gasteiger partial charge in [0.25, 0.3) is 0 Å². The smallest absolute Gasteiger partial charge is 0.0973 e. The van der Waals surface area contributed by atoms with Gasteiger partial charge in [0.1, 0.15) is 0 Å². The highest BCUT2D eigenvalue weighted by molar-refractivity contribution is 5.59. The van der Waals surface area contributed by atoms with E-state index in [1.54, 1.807) is 19.3 Å². The van der Waals surface area contributed by atoms with Crippen molar-refractivity contribution in [1.82, 2.24) is 9.97 Å². The average Bonchev–Trinajstić information content (AvgIpc) is 2.56. The van der Waals surface area contributed by atoms with E-state index >= 15 is 0 Å². The number of halogens is 1. The third kappa shape index (κ3) is 5.67. The highest BCUT2D eigenvalue weighted by atomic mass is 19.1. The molecule has 0 bridgehead atoms. The molecular weight excluding hydrogens is 287 g/mol. The Kier molecular flexibility index (Phi) is 6.50. The van der Waals surface area contributed by atoms with E-state index in [0.717, 1.165) is 41.8 Å². The summed E-state index contributed by atoms with van der Waals surface area (Å²) in [6.07, 6.45) is 7.45. The van der Waals surface area contributed by atoms with Gasteiger partial charge in [-0.2, -0.15) is 0 Å². The number of unbranched alkanes of at least 4 members (excludes halogenated alkanes) is 1. The highest BCUT2D eigenvalue weighted by Crippen LogP contribution is 2.16. The molecule has 118 valence electrons. The Morgan fingerprint density at radius 1 is 1.22 bits per heavy atom. The summed E-state index contributed by atoms with van der Waals surface area (Å²) < 4.78 is 12.7. The number of nitrogens with zero attached hydrogens (tertiary/aromatic N) is 2. The first kappa shape index (κ1) is 16.9. The Labute approximate surface area is 137 Å². The topological polar surface area (TPSA) is 25.8 Å². The fourth-order valence-corrected chi connectivity index (χ4v) is 2.12. The minimum atomic E-state index is -0.741. The Hall–Kier alpha value is -2.47. The van der Waals surface area contributed by atoms with Crippen LogP contribution < -0.4 is 0 Å². The Morgan fingerprint density at radius 3 is 2.61 bits per heavy atom. The molecule has 1 atom stereocenters. The molecular formula is C20H21FN2. The first-order chi connectivity index (χ1) is 11.2. The van der Waals surface area contributed by atoms with Crippen molar-refractivity contribution in [2.45, 2.75) is 38.8 Å². The van der Waals surface area contributed by atoms with E-state index in [2.05, 4.69) is 28.4 Å². The highest BCUT2D eigenvalue weighted by Gasteiger charge is 2.00. The molecule has 1 heterocycles. The molecule has 23 heavy (non-hydrogen) atoms. The molecule has 3 heteroatoms. The predicted molar refractivity (Wildman–Crippen MR) is 92.7 cm³/mol. The van der Waals surface area contributed by atoms with E-state index in [1.165, 1.54) is 0 Å². The van der Waals surface area contributed by atoms with E-state index in [0.29, 0.717) is 6.42 Å². The number of benzene rings is 1. The van der Waals surface area contributed by atoms with Crippen LogP contribution in [0, 0.1) is 11.8 Å². The van der Waals surface area contributed by atoms with Crippen LogP contribution in [-0.4, -0.2) is 16.1 Å². The van der Waals surface area contributed by atoms with Crippen LogP contribution in [0.3, 0.4) is 0 Å². The molecule has 1 unspecified atom stereocenters. The fraction of sp³-hybridized carbons (Fsp3) is 0.300. The van der Waals surface area contributed by atoms with Gasteiger partial charge in [0.05, 0.1) is 23.8 Å². The van der Waals surface area contributed by atoms with Gasteiger partial charge in [0, 0.05) is 30.2 Å². The summed E-state index contributed by atoms with van der Waals surface area (Å²) in [7, 11) is 0. The molecule has 0 saturated heterocycles. The molecule has 2 nitrogen and oxygen atoms in total. The van der Waals surface area contributed by atoms with Crippen molar-refractivity contribution in [3.8, 4) is 23.1 Å². The van der Waals surface area contributed by atoms with Crippen LogP contribution in [0.1, 0.15) is 37.4 Å². The Bertz CT molecular complexity index is 676. The lowest BCUT2D eigenvalue weighted by atomic mass is 10.1. The summed E-state index contributed by atoms with van der Waals surface area (Å²) in [6.45, 7) is 5.27. The zero-order valence-corrected chi connectivity index (χ0v) is 13.4. The van der Waals surface area contributed by atoms with Gasteiger partial charge in [0.2, 0.25) is 0 Å². The fourth-order valence-electron chi connectivity index (χ4n) is 2.12. The number of alkyl halides is 1. The van der Waals surface area contributed by atoms with Gasteiger partial charge >= 0.3 is 0 Å². The summed E-state index contributed by atoms with van der Waals surface area (Å²) in [4.78, 5) is 8.78. The van der Waals surface area contributed by atoms with Gasteiger partial charge in [-0.3, -0.25) is 9.97 Å². The van der Waals surface area contributed by atoms with Crippen molar-refractivity contribution < 1.29 is 4.39 Å². The molecule has 0 spiro atoms. The molecule has 0 aliphatic rings. The molecule has 0 radical (unpaired) electrons. The second-order valence-corrected chi connectivity index (χ2v) is 5.44. The lowest BCUT2D eigenvalue weighted by molar-refractivity contribution is 0.336. The number of hydrogen-bond donors (Lipinski definition) is 0. The van der Waals surface area contributed by atoms with Crippen molar-refractivity contribution >= 4 is 0 Å². The van der Waals surface area contributed by atoms with Crippen molar-refractivity contribution in [2.75, 3.05) is 0 Å². The van der Waals surface area contributed by atoms with Crippen LogP contribution in [0.2, 0.25) is 0 Å². The van der Waals surface area contributed by atoms with Gasteiger partial charge in [-0.15, -0.1) is 6.58 Å². The molecule has 0 aliphatic carbocycles. The SMILES string of the molecule is C=CCc1cnc(-c2ccc(C#CCCCC(C)F)cc2)cn1. The summed E-state index contributed by atoms with van der Waals surface area (Å²) in [5.74, 6) is 6.19. The van der Waals surface area contributed by atoms with Crippen LogP contribution in [0.4, 0.5) is 4.39 Å². The van der Waals surface area contributed by atoms with E-state index in [9.17, 15) is 4.39 Å². The van der Waals surface area contributed by atoms with E-state index < -0.39 is 6.17 Å². The molecule has 2 aromatic rings. The molecule has 0 amide bonds. The maximum absolute atomic E-state index is 12.7. The normalized spacial score (nSPS) is 11.4. The second-order valence-electron chi connectivity index (χ2n) is 5.44. The van der Waals surface area contributed by atoms with Crippen LogP contribution >= 0.6 is 0 Å². The number of rotatable bonds is 6. The second kappa shape index (κ2) is 8.85. The van der Waals surface area contributed by atoms with Gasteiger partial charge in [-0.25, -0.2) is 4.39 Å². The zero-order chi connectivity index (χ0) is 16.5. The van der Waals surface area contributed by atoms with E-state index in [-0.39, 0.29) is 0 Å². The number of aromatic nitrogens is 2. The molecule has 2 rings (SSSR count). The van der Waals surface area contributed by atoms with Crippen LogP contribution in [0.15, 0.2) is 49.3 Å². The van der Waals surface area contributed by atoms with Crippen molar-refractivity contribution in [1.29, 1.82) is 0 Å². The molecule has 0 N–H and O–H groups in total. The van der Waals surface area contributed by atoms with E-state index in [1.807, 2.05) is 30.3 Å². The molecule has 0 fully saturated rings. The summed E-state index contributed by atoms with van der Waals surface area (Å²) in [5.41, 5.74) is 3.72. The third-order valence-electron chi connectivity index (χ3n) is 3.38. The van der Waals surface area contributed by atoms with Crippen molar-refractivity contribution in [3.05, 3.63) is 60.6 Å². The first-order valence-electron chi connectivity index (χ1n) is 7.84. The molecule has 0 saturated carbocycles. The summed E-state index contributed by atoms with van der Waals surface area (Å²) in [5, 5.41) is 0. The van der Waals surface area contributed by atoms with Crippen molar-refractivity contribution in [3.63, 3.8) is 0 Å². The molecule has 1 aromatic carbocycles. The minimum Gasteiger partial charge on any atom is -0.257 e. The van der Waals surface area contributed by atoms with Gasteiger partial charge in [0.15, 0.2) is 0 Å². The van der Waals surface area contributed by atoms with Crippen LogP contribution in [0.5, 0.6) is 0 Å². The Balaban J connectivity index is 1.96. The zero-order valence-electron chi connectivity index (χ0n) is 13.4. The van der Waals surface area contributed by atoms with E-state index in [4.69, 9.17) is 0 Å². The predicted octanol–water partition coefficient (Wildman–Crippen LogP) is 4.75. The lowest BCUT2D eigenvalue weighted by Crippen LogP contribution is -1.91. The monoisotopic (exact) mass is 308 g/mol. The van der Waals surface area contributed by atoms with Gasteiger partial charge < -0.3 is 0 Å². The van der Waals surface area contributed by atoms with Gasteiger partial charge in [-0.1, -0.05) is 30.0 Å². The maximum Gasteiger partial charge on any atom is 0.0973 e. The Morgan fingerprint density at radius 2 is 2.00 bits per heavy atom. The number of hydrogen-bond acceptors (Lipinski definition) is 2. The quantitative estimate of drug-likeness (QED) is 0.437. The first-order valence-corrected chi connectivity index (χ1v) is 7.84. The summed E-state index contributed by atoms with van der Waals surface area (Å²) in [6, 6.07) is 7.93. The van der Waals surface area contributed by atoms with Crippen molar-refractivity contribution in [2.24, 2.45) is 0 Å². The van der Waals surface area contributed by atoms with Crippen LogP contribution in [-0.2, 0) is 6.42 Å². The maximum atomic E-state index is 12.7.